The number of aliphatic carboxylic acids is 1. The van der Waals surface area contributed by atoms with Crippen molar-refractivity contribution in [3.63, 3.8) is 0 Å². The van der Waals surface area contributed by atoms with E-state index in [1.807, 2.05) is 0 Å². The molecule has 1 aliphatic rings. The number of halogens is 1. The van der Waals surface area contributed by atoms with E-state index in [2.05, 4.69) is 10.3 Å². The fourth-order valence-electron chi connectivity index (χ4n) is 1.73. The zero-order chi connectivity index (χ0) is 13.2. The Morgan fingerprint density at radius 2 is 2.33 bits per heavy atom. The van der Waals surface area contributed by atoms with Gasteiger partial charge in [0.15, 0.2) is 5.54 Å². The standard InChI is InChI=1S/C11H11FN2O4/c12-8-7(2-1-4-13-8)9(15)14-11(10(16)17)3-5-18-6-11/h1-2,4H,3,5-6H2,(H,14,15)(H,16,17). The summed E-state index contributed by atoms with van der Waals surface area (Å²) in [5.41, 5.74) is -1.77. The van der Waals surface area contributed by atoms with Crippen molar-refractivity contribution in [1.82, 2.24) is 10.3 Å². The van der Waals surface area contributed by atoms with Gasteiger partial charge < -0.3 is 15.2 Å². The highest BCUT2D eigenvalue weighted by Crippen LogP contribution is 2.20. The topological polar surface area (TPSA) is 88.5 Å². The molecule has 0 bridgehead atoms. The molecule has 0 spiro atoms. The van der Waals surface area contributed by atoms with Gasteiger partial charge in [-0.2, -0.15) is 4.39 Å². The van der Waals surface area contributed by atoms with Crippen LogP contribution in [0.2, 0.25) is 0 Å². The highest BCUT2D eigenvalue weighted by molar-refractivity contribution is 5.98. The van der Waals surface area contributed by atoms with Gasteiger partial charge in [0.2, 0.25) is 5.95 Å². The second kappa shape index (κ2) is 4.69. The Labute approximate surface area is 102 Å². The minimum absolute atomic E-state index is 0.129. The van der Waals surface area contributed by atoms with Gasteiger partial charge in [-0.1, -0.05) is 0 Å². The third-order valence-corrected chi connectivity index (χ3v) is 2.79. The van der Waals surface area contributed by atoms with Crippen molar-refractivity contribution in [3.8, 4) is 0 Å². The smallest absolute Gasteiger partial charge is 0.331 e. The number of nitrogens with zero attached hydrogens (tertiary/aromatic N) is 1. The van der Waals surface area contributed by atoms with Gasteiger partial charge in [0.05, 0.1) is 12.2 Å². The average molecular weight is 254 g/mol. The van der Waals surface area contributed by atoms with Crippen LogP contribution in [0.25, 0.3) is 0 Å². The number of hydrogen-bond donors (Lipinski definition) is 2. The molecule has 2 N–H and O–H groups in total. The number of carbonyl (C=O) groups is 2. The lowest BCUT2D eigenvalue weighted by molar-refractivity contribution is -0.144. The van der Waals surface area contributed by atoms with Crippen molar-refractivity contribution >= 4 is 11.9 Å². The zero-order valence-corrected chi connectivity index (χ0v) is 9.35. The molecule has 0 saturated carbocycles. The molecule has 1 aromatic heterocycles. The molecule has 2 heterocycles. The monoisotopic (exact) mass is 254 g/mol. The number of aromatic nitrogens is 1. The molecule has 1 aliphatic heterocycles. The van der Waals surface area contributed by atoms with Gasteiger partial charge in [-0.15, -0.1) is 0 Å². The molecule has 96 valence electrons. The Hall–Kier alpha value is -2.02. The second-order valence-electron chi connectivity index (χ2n) is 3.99. The van der Waals surface area contributed by atoms with E-state index in [9.17, 15) is 14.0 Å². The van der Waals surface area contributed by atoms with Crippen molar-refractivity contribution in [3.05, 3.63) is 29.8 Å². The molecule has 1 amide bonds. The van der Waals surface area contributed by atoms with Crippen molar-refractivity contribution in [2.45, 2.75) is 12.0 Å². The van der Waals surface area contributed by atoms with Gasteiger partial charge in [0.25, 0.3) is 5.91 Å². The van der Waals surface area contributed by atoms with Crippen LogP contribution in [0.4, 0.5) is 4.39 Å². The molecule has 1 saturated heterocycles. The highest BCUT2D eigenvalue weighted by atomic mass is 19.1. The van der Waals surface area contributed by atoms with Crippen LogP contribution in [-0.4, -0.2) is 40.7 Å². The van der Waals surface area contributed by atoms with Crippen molar-refractivity contribution in [2.24, 2.45) is 0 Å². The molecule has 6 nitrogen and oxygen atoms in total. The molecule has 2 rings (SSSR count). The molecule has 1 fully saturated rings. The summed E-state index contributed by atoms with van der Waals surface area (Å²) in [4.78, 5) is 26.3. The maximum absolute atomic E-state index is 13.3. The zero-order valence-electron chi connectivity index (χ0n) is 9.35. The summed E-state index contributed by atoms with van der Waals surface area (Å²) < 4.78 is 18.3. The number of ether oxygens (including phenoxy) is 1. The molecular weight excluding hydrogens is 243 g/mol. The number of pyridine rings is 1. The summed E-state index contributed by atoms with van der Waals surface area (Å²) in [5, 5.41) is 11.4. The number of nitrogens with one attached hydrogen (secondary N) is 1. The predicted octanol–water partition coefficient (Wildman–Crippen LogP) is 0.194. The van der Waals surface area contributed by atoms with E-state index >= 15 is 0 Å². The summed E-state index contributed by atoms with van der Waals surface area (Å²) in [7, 11) is 0. The SMILES string of the molecule is O=C(NC1(C(=O)O)CCOC1)c1cccnc1F. The highest BCUT2D eigenvalue weighted by Gasteiger charge is 2.44. The van der Waals surface area contributed by atoms with Gasteiger partial charge in [0, 0.05) is 19.2 Å². The first-order valence-electron chi connectivity index (χ1n) is 5.29. The Morgan fingerprint density at radius 1 is 1.56 bits per heavy atom. The largest absolute Gasteiger partial charge is 0.479 e. The Morgan fingerprint density at radius 3 is 2.89 bits per heavy atom. The van der Waals surface area contributed by atoms with Crippen LogP contribution in [0.15, 0.2) is 18.3 Å². The minimum Gasteiger partial charge on any atom is -0.479 e. The first-order valence-corrected chi connectivity index (χ1v) is 5.29. The first kappa shape index (κ1) is 12.4. The molecule has 1 unspecified atom stereocenters. The maximum Gasteiger partial charge on any atom is 0.331 e. The fourth-order valence-corrected chi connectivity index (χ4v) is 1.73. The molecule has 0 aliphatic carbocycles. The van der Waals surface area contributed by atoms with Crippen LogP contribution in [-0.2, 0) is 9.53 Å². The van der Waals surface area contributed by atoms with E-state index in [1.54, 1.807) is 0 Å². The molecule has 18 heavy (non-hydrogen) atoms. The van der Waals surface area contributed by atoms with Gasteiger partial charge in [-0.25, -0.2) is 9.78 Å². The quantitative estimate of drug-likeness (QED) is 0.752. The number of hydrogen-bond acceptors (Lipinski definition) is 4. The van der Waals surface area contributed by atoms with E-state index in [4.69, 9.17) is 9.84 Å². The van der Waals surface area contributed by atoms with Gasteiger partial charge in [-0.05, 0) is 12.1 Å². The van der Waals surface area contributed by atoms with Crippen LogP contribution in [0, 0.1) is 5.95 Å². The minimum atomic E-state index is -1.49. The number of carbonyl (C=O) groups excluding carboxylic acids is 1. The van der Waals surface area contributed by atoms with Gasteiger partial charge >= 0.3 is 5.97 Å². The number of carboxylic acids is 1. The fraction of sp³-hybridized carbons (Fsp3) is 0.364. The van der Waals surface area contributed by atoms with E-state index in [0.29, 0.717) is 0 Å². The Kier molecular flexibility index (Phi) is 3.24. The Balaban J connectivity index is 2.21. The first-order chi connectivity index (χ1) is 8.55. The number of amides is 1. The summed E-state index contributed by atoms with van der Waals surface area (Å²) in [6.45, 7) is 0.109. The van der Waals surface area contributed by atoms with Crippen LogP contribution < -0.4 is 5.32 Å². The lowest BCUT2D eigenvalue weighted by atomic mass is 9.98. The molecule has 0 radical (unpaired) electrons. The third-order valence-electron chi connectivity index (χ3n) is 2.79. The maximum atomic E-state index is 13.3. The lowest BCUT2D eigenvalue weighted by Gasteiger charge is -2.23. The number of rotatable bonds is 3. The molecule has 7 heteroatoms. The van der Waals surface area contributed by atoms with Crippen molar-refractivity contribution < 1.29 is 23.8 Å². The summed E-state index contributed by atoms with van der Waals surface area (Å²) in [6.07, 6.45) is 1.35. The second-order valence-corrected chi connectivity index (χ2v) is 3.99. The number of carboxylic acid groups (broad SMARTS) is 1. The van der Waals surface area contributed by atoms with Gasteiger partial charge in [0.1, 0.15) is 0 Å². The summed E-state index contributed by atoms with van der Waals surface area (Å²) >= 11 is 0. The van der Waals surface area contributed by atoms with Crippen LogP contribution in [0.1, 0.15) is 16.8 Å². The summed E-state index contributed by atoms with van der Waals surface area (Å²) in [6, 6.07) is 2.64. The van der Waals surface area contributed by atoms with Crippen molar-refractivity contribution in [1.29, 1.82) is 0 Å². The molecular formula is C11H11FN2O4. The van der Waals surface area contributed by atoms with E-state index in [1.165, 1.54) is 18.3 Å². The van der Waals surface area contributed by atoms with Crippen molar-refractivity contribution in [2.75, 3.05) is 13.2 Å². The van der Waals surface area contributed by atoms with E-state index < -0.39 is 23.4 Å². The van der Waals surface area contributed by atoms with Crippen LogP contribution >= 0.6 is 0 Å². The van der Waals surface area contributed by atoms with E-state index in [0.717, 1.165) is 0 Å². The van der Waals surface area contributed by atoms with Crippen LogP contribution in [0.3, 0.4) is 0 Å². The third kappa shape index (κ3) is 2.17. The summed E-state index contributed by atoms with van der Waals surface area (Å²) in [5.74, 6) is -2.94. The average Bonchev–Trinajstić information content (AvgIpc) is 2.79. The van der Waals surface area contributed by atoms with E-state index in [-0.39, 0.29) is 25.2 Å². The predicted molar refractivity (Wildman–Crippen MR) is 57.5 cm³/mol. The normalized spacial score (nSPS) is 22.7. The lowest BCUT2D eigenvalue weighted by Crippen LogP contribution is -2.55. The molecule has 0 aromatic carbocycles. The van der Waals surface area contributed by atoms with Gasteiger partial charge in [-0.3, -0.25) is 4.79 Å². The Bertz CT molecular complexity index is 486. The van der Waals surface area contributed by atoms with Crippen LogP contribution in [0.5, 0.6) is 0 Å². The molecule has 1 aromatic rings. The molecule has 1 atom stereocenters.